The number of carbonyl (C=O) groups is 1. The van der Waals surface area contributed by atoms with Gasteiger partial charge >= 0.3 is 0 Å². The van der Waals surface area contributed by atoms with E-state index < -0.39 is 0 Å². The summed E-state index contributed by atoms with van der Waals surface area (Å²) in [5, 5.41) is 2.16. The molecule has 0 N–H and O–H groups in total. The number of amides is 1. The van der Waals surface area contributed by atoms with Gasteiger partial charge in [-0.05, 0) is 47.4 Å². The van der Waals surface area contributed by atoms with Crippen LogP contribution in [0, 0.1) is 0 Å². The molecule has 0 spiro atoms. The summed E-state index contributed by atoms with van der Waals surface area (Å²) in [6.07, 6.45) is 3.22. The molecule has 0 bridgehead atoms. The van der Waals surface area contributed by atoms with Crippen molar-refractivity contribution in [2.45, 2.75) is 31.8 Å². The van der Waals surface area contributed by atoms with Crippen LogP contribution in [0.2, 0.25) is 0 Å². The third-order valence-electron chi connectivity index (χ3n) is 5.21. The van der Waals surface area contributed by atoms with E-state index in [1.54, 1.807) is 0 Å². The highest BCUT2D eigenvalue weighted by atomic mass is 32.1. The number of hydrogen-bond donors (Lipinski definition) is 0. The standard InChI is InChI=1S/C19H22N2OS/c1-20(17-7-6-14-4-2-3-5-16(14)17)19(22)13-21-10-8-18-15(12-21)9-11-23-18/h2-5,9,11,17H,6-8,10,12-13H2,1H3/t17-/m1/s1. The molecule has 2 heterocycles. The zero-order chi connectivity index (χ0) is 15.8. The minimum Gasteiger partial charge on any atom is -0.338 e. The molecule has 2 aromatic rings. The normalized spacial score (nSPS) is 20.1. The van der Waals surface area contributed by atoms with E-state index in [0.717, 1.165) is 32.4 Å². The van der Waals surface area contributed by atoms with Crippen molar-refractivity contribution >= 4 is 17.2 Å². The zero-order valence-corrected chi connectivity index (χ0v) is 14.3. The first-order valence-electron chi connectivity index (χ1n) is 8.33. The van der Waals surface area contributed by atoms with Crippen molar-refractivity contribution in [3.8, 4) is 0 Å². The van der Waals surface area contributed by atoms with E-state index in [1.807, 2.05) is 23.3 Å². The Morgan fingerprint density at radius 1 is 1.26 bits per heavy atom. The molecule has 0 fully saturated rings. The van der Waals surface area contributed by atoms with Gasteiger partial charge in [0.15, 0.2) is 0 Å². The van der Waals surface area contributed by atoms with E-state index in [-0.39, 0.29) is 11.9 Å². The maximum atomic E-state index is 12.7. The van der Waals surface area contributed by atoms with Gasteiger partial charge in [-0.1, -0.05) is 24.3 Å². The van der Waals surface area contributed by atoms with Crippen LogP contribution in [0.3, 0.4) is 0 Å². The highest BCUT2D eigenvalue weighted by Crippen LogP contribution is 2.35. The lowest BCUT2D eigenvalue weighted by atomic mass is 10.1. The van der Waals surface area contributed by atoms with Gasteiger partial charge in [0.2, 0.25) is 5.91 Å². The summed E-state index contributed by atoms with van der Waals surface area (Å²) in [4.78, 5) is 18.5. The molecular weight excluding hydrogens is 304 g/mol. The molecule has 120 valence electrons. The highest BCUT2D eigenvalue weighted by Gasteiger charge is 2.29. The van der Waals surface area contributed by atoms with Gasteiger partial charge in [0.05, 0.1) is 12.6 Å². The molecular formula is C19H22N2OS. The van der Waals surface area contributed by atoms with Gasteiger partial charge < -0.3 is 4.90 Å². The molecule has 4 rings (SSSR count). The number of likely N-dealkylation sites (N-methyl/N-ethyl adjacent to an activating group) is 1. The molecule has 1 aromatic carbocycles. The molecule has 0 saturated carbocycles. The molecule has 0 unspecified atom stereocenters. The number of benzene rings is 1. The molecule has 3 nitrogen and oxygen atoms in total. The van der Waals surface area contributed by atoms with E-state index in [1.165, 1.54) is 21.6 Å². The van der Waals surface area contributed by atoms with Crippen LogP contribution in [-0.4, -0.2) is 35.8 Å². The van der Waals surface area contributed by atoms with Gasteiger partial charge in [-0.3, -0.25) is 9.69 Å². The smallest absolute Gasteiger partial charge is 0.237 e. The Labute approximate surface area is 141 Å². The number of aryl methyl sites for hydroxylation is 1. The largest absolute Gasteiger partial charge is 0.338 e. The van der Waals surface area contributed by atoms with Crippen molar-refractivity contribution in [1.82, 2.24) is 9.80 Å². The lowest BCUT2D eigenvalue weighted by molar-refractivity contribution is -0.133. The maximum Gasteiger partial charge on any atom is 0.237 e. The molecule has 0 saturated heterocycles. The van der Waals surface area contributed by atoms with Gasteiger partial charge in [0.1, 0.15) is 0 Å². The molecule has 1 atom stereocenters. The molecule has 0 radical (unpaired) electrons. The van der Waals surface area contributed by atoms with Crippen LogP contribution in [0.5, 0.6) is 0 Å². The Kier molecular flexibility index (Phi) is 3.95. The van der Waals surface area contributed by atoms with Crippen molar-refractivity contribution in [2.24, 2.45) is 0 Å². The number of nitrogens with zero attached hydrogens (tertiary/aromatic N) is 2. The lowest BCUT2D eigenvalue weighted by Crippen LogP contribution is -2.41. The van der Waals surface area contributed by atoms with Crippen molar-refractivity contribution < 1.29 is 4.79 Å². The second kappa shape index (κ2) is 6.10. The summed E-state index contributed by atoms with van der Waals surface area (Å²) in [6, 6.07) is 11.0. The monoisotopic (exact) mass is 326 g/mol. The summed E-state index contributed by atoms with van der Waals surface area (Å²) in [7, 11) is 1.97. The summed E-state index contributed by atoms with van der Waals surface area (Å²) in [5.41, 5.74) is 4.14. The predicted molar refractivity (Wildman–Crippen MR) is 93.6 cm³/mol. The molecule has 2 aliphatic rings. The van der Waals surface area contributed by atoms with E-state index in [0.29, 0.717) is 6.54 Å². The van der Waals surface area contributed by atoms with Crippen LogP contribution in [0.1, 0.15) is 34.0 Å². The van der Waals surface area contributed by atoms with Crippen LogP contribution >= 0.6 is 11.3 Å². The fourth-order valence-electron chi connectivity index (χ4n) is 3.86. The Morgan fingerprint density at radius 3 is 3.04 bits per heavy atom. The summed E-state index contributed by atoms with van der Waals surface area (Å²) in [6.45, 7) is 2.44. The minimum atomic E-state index is 0.241. The SMILES string of the molecule is CN(C(=O)CN1CCc2sccc2C1)[C@@H]1CCc2ccccc21. The Hall–Kier alpha value is -1.65. The third kappa shape index (κ3) is 2.81. The van der Waals surface area contributed by atoms with Crippen LogP contribution in [0.15, 0.2) is 35.7 Å². The molecule has 23 heavy (non-hydrogen) atoms. The second-order valence-electron chi connectivity index (χ2n) is 6.59. The van der Waals surface area contributed by atoms with Crippen molar-refractivity contribution in [1.29, 1.82) is 0 Å². The average molecular weight is 326 g/mol. The van der Waals surface area contributed by atoms with Gasteiger partial charge in [0, 0.05) is 25.0 Å². The third-order valence-corrected chi connectivity index (χ3v) is 6.23. The first kappa shape index (κ1) is 14.9. The van der Waals surface area contributed by atoms with Crippen LogP contribution < -0.4 is 0 Å². The zero-order valence-electron chi connectivity index (χ0n) is 13.5. The van der Waals surface area contributed by atoms with Crippen molar-refractivity contribution in [3.05, 3.63) is 57.3 Å². The lowest BCUT2D eigenvalue weighted by Gasteiger charge is -2.31. The molecule has 1 aromatic heterocycles. The highest BCUT2D eigenvalue weighted by molar-refractivity contribution is 7.10. The van der Waals surface area contributed by atoms with E-state index in [4.69, 9.17) is 0 Å². The van der Waals surface area contributed by atoms with Crippen LogP contribution in [0.4, 0.5) is 0 Å². The maximum absolute atomic E-state index is 12.7. The Bertz CT molecular complexity index is 724. The van der Waals surface area contributed by atoms with Crippen LogP contribution in [-0.2, 0) is 24.2 Å². The number of rotatable bonds is 3. The van der Waals surface area contributed by atoms with E-state index >= 15 is 0 Å². The summed E-state index contributed by atoms with van der Waals surface area (Å²) < 4.78 is 0. The first-order chi connectivity index (χ1) is 11.2. The van der Waals surface area contributed by atoms with Gasteiger partial charge in [-0.15, -0.1) is 11.3 Å². The van der Waals surface area contributed by atoms with E-state index in [2.05, 4.69) is 40.6 Å². The fourth-order valence-corrected chi connectivity index (χ4v) is 4.75. The number of thiophene rings is 1. The quantitative estimate of drug-likeness (QED) is 0.864. The number of carbonyl (C=O) groups excluding carboxylic acids is 1. The average Bonchev–Trinajstić information content (AvgIpc) is 3.20. The molecule has 4 heteroatoms. The first-order valence-corrected chi connectivity index (χ1v) is 9.21. The second-order valence-corrected chi connectivity index (χ2v) is 7.59. The van der Waals surface area contributed by atoms with Gasteiger partial charge in [0.25, 0.3) is 0 Å². The topological polar surface area (TPSA) is 23.6 Å². The fraction of sp³-hybridized carbons (Fsp3) is 0.421. The van der Waals surface area contributed by atoms with Crippen LogP contribution in [0.25, 0.3) is 0 Å². The van der Waals surface area contributed by atoms with Gasteiger partial charge in [-0.25, -0.2) is 0 Å². The molecule has 1 amide bonds. The number of fused-ring (bicyclic) bond motifs is 2. The Balaban J connectivity index is 1.42. The summed E-state index contributed by atoms with van der Waals surface area (Å²) in [5.74, 6) is 0.241. The minimum absolute atomic E-state index is 0.241. The number of hydrogen-bond acceptors (Lipinski definition) is 3. The molecule has 1 aliphatic heterocycles. The summed E-state index contributed by atoms with van der Waals surface area (Å²) >= 11 is 1.84. The van der Waals surface area contributed by atoms with Gasteiger partial charge in [-0.2, -0.15) is 0 Å². The van der Waals surface area contributed by atoms with Crippen molar-refractivity contribution in [3.63, 3.8) is 0 Å². The molecule has 1 aliphatic carbocycles. The van der Waals surface area contributed by atoms with E-state index in [9.17, 15) is 4.79 Å². The Morgan fingerprint density at radius 2 is 2.13 bits per heavy atom. The van der Waals surface area contributed by atoms with Crippen molar-refractivity contribution in [2.75, 3.05) is 20.1 Å². The predicted octanol–water partition coefficient (Wildman–Crippen LogP) is 3.25.